The highest BCUT2D eigenvalue weighted by Crippen LogP contribution is 2.24. The second-order valence-corrected chi connectivity index (χ2v) is 6.81. The summed E-state index contributed by atoms with van der Waals surface area (Å²) < 4.78 is 7.03. The minimum absolute atomic E-state index is 0.112. The number of aliphatic imine (C=N–C) groups is 1. The van der Waals surface area contributed by atoms with Crippen molar-refractivity contribution in [1.29, 1.82) is 0 Å². The summed E-state index contributed by atoms with van der Waals surface area (Å²) in [6.07, 6.45) is 1.70. The molecule has 0 aromatic carbocycles. The fraction of sp³-hybridized carbons (Fsp3) is 0.588. The number of guanidine groups is 1. The van der Waals surface area contributed by atoms with Crippen LogP contribution in [0.4, 0.5) is 0 Å². The molecule has 1 unspecified atom stereocenters. The van der Waals surface area contributed by atoms with Crippen molar-refractivity contribution >= 4 is 23.3 Å². The lowest BCUT2D eigenvalue weighted by molar-refractivity contribution is 0.0531. The van der Waals surface area contributed by atoms with E-state index in [1.807, 2.05) is 32.3 Å². The fourth-order valence-corrected chi connectivity index (χ4v) is 3.35. The highest BCUT2D eigenvalue weighted by Gasteiger charge is 2.20. The van der Waals surface area contributed by atoms with Crippen LogP contribution in [0.1, 0.15) is 59.9 Å². The number of carbonyl (C=O) groups excluding carboxylic acids is 1. The molecule has 0 amide bonds. The van der Waals surface area contributed by atoms with Crippen LogP contribution >= 0.6 is 11.3 Å². The minimum atomic E-state index is -0.328. The van der Waals surface area contributed by atoms with Gasteiger partial charge in [-0.3, -0.25) is 0 Å². The average Bonchev–Trinajstić information content (AvgIpc) is 3.26. The van der Waals surface area contributed by atoms with Crippen LogP contribution in [-0.4, -0.2) is 44.8 Å². The normalized spacial score (nSPS) is 12.7. The monoisotopic (exact) mass is 393 g/mol. The molecule has 0 fully saturated rings. The van der Waals surface area contributed by atoms with Gasteiger partial charge in [0.1, 0.15) is 22.8 Å². The first-order chi connectivity index (χ1) is 13.0. The molecule has 0 bridgehead atoms. The minimum Gasteiger partial charge on any atom is -0.462 e. The quantitative estimate of drug-likeness (QED) is 0.402. The summed E-state index contributed by atoms with van der Waals surface area (Å²) in [6, 6.07) is -0.112. The van der Waals surface area contributed by atoms with Crippen LogP contribution in [0, 0.1) is 6.92 Å². The van der Waals surface area contributed by atoms with Gasteiger partial charge in [0.25, 0.3) is 0 Å². The lowest BCUT2D eigenvalue weighted by atomic mass is 10.3. The SMILES string of the molecule is CCNC(=NCc1nncn1CC)NC(C)c1nc(C)c(C(=O)OCC)s1. The molecule has 0 saturated carbocycles. The van der Waals surface area contributed by atoms with Crippen LogP contribution in [-0.2, 0) is 17.8 Å². The van der Waals surface area contributed by atoms with Gasteiger partial charge in [-0.25, -0.2) is 14.8 Å². The van der Waals surface area contributed by atoms with Gasteiger partial charge in [-0.05, 0) is 34.6 Å². The first-order valence-electron chi connectivity index (χ1n) is 9.06. The molecule has 27 heavy (non-hydrogen) atoms. The molecule has 0 spiro atoms. The van der Waals surface area contributed by atoms with Crippen molar-refractivity contribution in [1.82, 2.24) is 30.4 Å². The predicted molar refractivity (Wildman–Crippen MR) is 105 cm³/mol. The Hall–Kier alpha value is -2.49. The number of aromatic nitrogens is 4. The molecule has 2 aromatic rings. The molecule has 0 aliphatic carbocycles. The summed E-state index contributed by atoms with van der Waals surface area (Å²) in [6.45, 7) is 11.9. The third-order valence-corrected chi connectivity index (χ3v) is 5.08. The van der Waals surface area contributed by atoms with Gasteiger partial charge < -0.3 is 19.9 Å². The molecular weight excluding hydrogens is 366 g/mol. The van der Waals surface area contributed by atoms with E-state index in [0.717, 1.165) is 23.9 Å². The lowest BCUT2D eigenvalue weighted by Crippen LogP contribution is -2.38. The van der Waals surface area contributed by atoms with Crippen molar-refractivity contribution in [3.8, 4) is 0 Å². The van der Waals surface area contributed by atoms with Gasteiger partial charge >= 0.3 is 5.97 Å². The van der Waals surface area contributed by atoms with Crippen molar-refractivity contribution in [3.05, 3.63) is 27.7 Å². The van der Waals surface area contributed by atoms with Crippen LogP contribution < -0.4 is 10.6 Å². The highest BCUT2D eigenvalue weighted by molar-refractivity contribution is 7.13. The lowest BCUT2D eigenvalue weighted by Gasteiger charge is -2.16. The smallest absolute Gasteiger partial charge is 0.350 e. The Kier molecular flexibility index (Phi) is 7.71. The zero-order chi connectivity index (χ0) is 19.8. The zero-order valence-corrected chi connectivity index (χ0v) is 17.3. The maximum absolute atomic E-state index is 12.0. The summed E-state index contributed by atoms with van der Waals surface area (Å²) in [5, 5.41) is 15.4. The number of rotatable bonds is 8. The molecule has 0 aliphatic rings. The number of nitrogens with one attached hydrogen (secondary N) is 2. The molecule has 9 nitrogen and oxygen atoms in total. The van der Waals surface area contributed by atoms with Gasteiger partial charge in [0, 0.05) is 13.1 Å². The van der Waals surface area contributed by atoms with E-state index in [4.69, 9.17) is 4.74 Å². The van der Waals surface area contributed by atoms with Crippen LogP contribution in [0.2, 0.25) is 0 Å². The van der Waals surface area contributed by atoms with Gasteiger partial charge in [-0.15, -0.1) is 21.5 Å². The topological polar surface area (TPSA) is 106 Å². The van der Waals surface area contributed by atoms with Crippen molar-refractivity contribution in [3.63, 3.8) is 0 Å². The Labute approximate surface area is 163 Å². The van der Waals surface area contributed by atoms with Gasteiger partial charge in [0.05, 0.1) is 18.3 Å². The number of hydrogen-bond donors (Lipinski definition) is 2. The van der Waals surface area contributed by atoms with E-state index in [1.54, 1.807) is 13.3 Å². The van der Waals surface area contributed by atoms with E-state index in [9.17, 15) is 4.79 Å². The largest absolute Gasteiger partial charge is 0.462 e. The van der Waals surface area contributed by atoms with Crippen molar-refractivity contribution in [2.24, 2.45) is 4.99 Å². The molecule has 2 rings (SSSR count). The average molecular weight is 394 g/mol. The fourth-order valence-electron chi connectivity index (χ4n) is 2.39. The highest BCUT2D eigenvalue weighted by atomic mass is 32.1. The Morgan fingerprint density at radius 1 is 1.41 bits per heavy atom. The van der Waals surface area contributed by atoms with E-state index in [1.165, 1.54) is 11.3 Å². The van der Waals surface area contributed by atoms with E-state index < -0.39 is 0 Å². The van der Waals surface area contributed by atoms with E-state index >= 15 is 0 Å². The number of esters is 1. The second-order valence-electron chi connectivity index (χ2n) is 5.78. The molecule has 148 valence electrons. The van der Waals surface area contributed by atoms with E-state index in [2.05, 4.69) is 30.8 Å². The number of nitrogens with zero attached hydrogens (tertiary/aromatic N) is 5. The molecule has 2 aromatic heterocycles. The van der Waals surface area contributed by atoms with Crippen molar-refractivity contribution < 1.29 is 9.53 Å². The molecule has 0 saturated heterocycles. The molecule has 10 heteroatoms. The van der Waals surface area contributed by atoms with Gasteiger partial charge in [0.15, 0.2) is 11.8 Å². The van der Waals surface area contributed by atoms with Crippen molar-refractivity contribution in [2.75, 3.05) is 13.2 Å². The van der Waals surface area contributed by atoms with E-state index in [-0.39, 0.29) is 12.0 Å². The number of ether oxygens (including phenoxy) is 1. The Bertz CT molecular complexity index is 784. The standard InChI is InChI=1S/C17H27N7O2S/c1-6-18-17(19-9-13-23-20-10-24(13)7-2)22-12(5)15-21-11(4)14(27-15)16(25)26-8-3/h10,12H,6-9H2,1-5H3,(H2,18,19,22). The van der Waals surface area contributed by atoms with Gasteiger partial charge in [-0.1, -0.05) is 0 Å². The Morgan fingerprint density at radius 3 is 2.85 bits per heavy atom. The van der Waals surface area contributed by atoms with Gasteiger partial charge in [-0.2, -0.15) is 0 Å². The van der Waals surface area contributed by atoms with Crippen LogP contribution in [0.3, 0.4) is 0 Å². The first-order valence-corrected chi connectivity index (χ1v) is 9.87. The summed E-state index contributed by atoms with van der Waals surface area (Å²) in [5.74, 6) is 1.13. The molecule has 0 radical (unpaired) electrons. The second kappa shape index (κ2) is 10.0. The summed E-state index contributed by atoms with van der Waals surface area (Å²) in [7, 11) is 0. The summed E-state index contributed by atoms with van der Waals surface area (Å²) in [4.78, 5) is 21.6. The number of carbonyl (C=O) groups is 1. The maximum atomic E-state index is 12.0. The zero-order valence-electron chi connectivity index (χ0n) is 16.4. The molecule has 0 aliphatic heterocycles. The molecule has 1 atom stereocenters. The molecular formula is C17H27N7O2S. The Morgan fingerprint density at radius 2 is 2.19 bits per heavy atom. The van der Waals surface area contributed by atoms with Gasteiger partial charge in [0.2, 0.25) is 0 Å². The van der Waals surface area contributed by atoms with Crippen LogP contribution in [0.15, 0.2) is 11.3 Å². The number of hydrogen-bond acceptors (Lipinski definition) is 7. The number of thiazole rings is 1. The molecule has 2 N–H and O–H groups in total. The predicted octanol–water partition coefficient (Wildman–Crippen LogP) is 2.06. The van der Waals surface area contributed by atoms with Crippen molar-refractivity contribution in [2.45, 2.75) is 53.8 Å². The maximum Gasteiger partial charge on any atom is 0.350 e. The number of aryl methyl sites for hydroxylation is 2. The van der Waals surface area contributed by atoms with Crippen LogP contribution in [0.5, 0.6) is 0 Å². The summed E-state index contributed by atoms with van der Waals surface area (Å²) in [5.41, 5.74) is 0.681. The third kappa shape index (κ3) is 5.49. The van der Waals surface area contributed by atoms with Crippen LogP contribution in [0.25, 0.3) is 0 Å². The third-order valence-electron chi connectivity index (χ3n) is 3.76. The van der Waals surface area contributed by atoms with E-state index in [0.29, 0.717) is 29.7 Å². The Balaban J connectivity index is 2.10. The molecule has 2 heterocycles. The summed E-state index contributed by atoms with van der Waals surface area (Å²) >= 11 is 1.34. The first kappa shape index (κ1) is 20.8.